The van der Waals surface area contributed by atoms with E-state index in [0.717, 1.165) is 61.3 Å². The van der Waals surface area contributed by atoms with Crippen molar-refractivity contribution >= 4 is 34.4 Å². The van der Waals surface area contributed by atoms with Crippen LogP contribution in [0.2, 0.25) is 5.02 Å². The average molecular weight is 531 g/mol. The molecule has 0 bridgehead atoms. The lowest BCUT2D eigenvalue weighted by Crippen LogP contribution is -2.39. The Kier molecular flexibility index (Phi) is 6.66. The second-order valence-corrected chi connectivity index (χ2v) is 10.8. The van der Waals surface area contributed by atoms with Crippen molar-refractivity contribution in [1.82, 2.24) is 24.4 Å². The van der Waals surface area contributed by atoms with Crippen LogP contribution in [0, 0.1) is 12.8 Å². The monoisotopic (exact) mass is 530 g/mol. The van der Waals surface area contributed by atoms with Gasteiger partial charge in [-0.15, -0.1) is 0 Å². The van der Waals surface area contributed by atoms with E-state index in [-0.39, 0.29) is 17.6 Å². The lowest BCUT2D eigenvalue weighted by molar-refractivity contribution is 0.0919. The van der Waals surface area contributed by atoms with E-state index in [1.807, 2.05) is 47.9 Å². The summed E-state index contributed by atoms with van der Waals surface area (Å²) in [5.74, 6) is 1.19. The van der Waals surface area contributed by atoms with E-state index in [9.17, 15) is 9.59 Å². The van der Waals surface area contributed by atoms with Crippen molar-refractivity contribution in [3.8, 4) is 5.69 Å². The largest absolute Gasteiger partial charge is 0.356 e. The molecule has 4 aromatic rings. The Labute approximate surface area is 226 Å². The Morgan fingerprint density at radius 1 is 1.03 bits per heavy atom. The van der Waals surface area contributed by atoms with Gasteiger partial charge >= 0.3 is 5.69 Å². The third-order valence-corrected chi connectivity index (χ3v) is 8.13. The van der Waals surface area contributed by atoms with E-state index in [0.29, 0.717) is 28.7 Å². The molecule has 1 aliphatic heterocycles. The Morgan fingerprint density at radius 3 is 2.47 bits per heavy atom. The van der Waals surface area contributed by atoms with Gasteiger partial charge in [0.05, 0.1) is 39.2 Å². The molecule has 2 fully saturated rings. The quantitative estimate of drug-likeness (QED) is 0.389. The van der Waals surface area contributed by atoms with Crippen molar-refractivity contribution in [2.75, 3.05) is 18.0 Å². The number of rotatable bonds is 6. The second kappa shape index (κ2) is 10.3. The summed E-state index contributed by atoms with van der Waals surface area (Å²) in [6.45, 7) is 4.54. The van der Waals surface area contributed by atoms with Crippen LogP contribution in [0.3, 0.4) is 0 Å². The minimum atomic E-state index is -0.131. The third-order valence-electron chi connectivity index (χ3n) is 7.93. The molecule has 1 saturated carbocycles. The number of nitrogens with zero attached hydrogens (tertiary/aromatic N) is 5. The van der Waals surface area contributed by atoms with Crippen LogP contribution in [0.15, 0.2) is 59.7 Å². The number of carbonyl (C=O) groups excluding carboxylic acids is 1. The summed E-state index contributed by atoms with van der Waals surface area (Å²) in [5.41, 5.74) is 3.76. The number of amides is 1. The number of para-hydroxylation sites is 2. The number of hydrogen-bond donors (Lipinski definition) is 1. The van der Waals surface area contributed by atoms with Crippen molar-refractivity contribution in [2.24, 2.45) is 5.92 Å². The zero-order valence-corrected chi connectivity index (χ0v) is 22.2. The first-order chi connectivity index (χ1) is 18.5. The maximum atomic E-state index is 13.7. The smallest absolute Gasteiger partial charge is 0.333 e. The Morgan fingerprint density at radius 2 is 1.79 bits per heavy atom. The highest BCUT2D eigenvalue weighted by Crippen LogP contribution is 2.28. The molecule has 1 aromatic carbocycles. The summed E-state index contributed by atoms with van der Waals surface area (Å²) in [4.78, 5) is 37.5. The predicted octanol–water partition coefficient (Wildman–Crippen LogP) is 4.74. The fourth-order valence-electron chi connectivity index (χ4n) is 5.63. The maximum Gasteiger partial charge on any atom is 0.333 e. The molecule has 0 unspecified atom stereocenters. The zero-order valence-electron chi connectivity index (χ0n) is 21.4. The number of anilines is 1. The van der Waals surface area contributed by atoms with Crippen LogP contribution in [0.5, 0.6) is 0 Å². The van der Waals surface area contributed by atoms with Gasteiger partial charge in [-0.05, 0) is 75.3 Å². The summed E-state index contributed by atoms with van der Waals surface area (Å²) in [6.07, 6.45) is 8.18. The third kappa shape index (κ3) is 4.69. The highest BCUT2D eigenvalue weighted by atomic mass is 35.5. The molecule has 38 heavy (non-hydrogen) atoms. The molecule has 8 nitrogen and oxygen atoms in total. The molecule has 9 heteroatoms. The van der Waals surface area contributed by atoms with Crippen molar-refractivity contribution in [2.45, 2.75) is 51.6 Å². The summed E-state index contributed by atoms with van der Waals surface area (Å²) >= 11 is 6.05. The number of pyridine rings is 2. The molecule has 0 radical (unpaired) electrons. The number of nitrogens with one attached hydrogen (secondary N) is 1. The molecule has 3 aromatic heterocycles. The average Bonchev–Trinajstić information content (AvgIpc) is 3.17. The fraction of sp³-hybridized carbons (Fsp3) is 0.379. The first kappa shape index (κ1) is 24.7. The molecular formula is C29H31ClN6O2. The lowest BCUT2D eigenvalue weighted by atomic mass is 9.85. The first-order valence-electron chi connectivity index (χ1n) is 13.3. The molecule has 1 saturated heterocycles. The van der Waals surface area contributed by atoms with E-state index < -0.39 is 0 Å². The van der Waals surface area contributed by atoms with Crippen LogP contribution >= 0.6 is 11.6 Å². The number of imidazole rings is 1. The molecule has 196 valence electrons. The molecule has 2 aliphatic rings. The Bertz CT molecular complexity index is 1530. The van der Waals surface area contributed by atoms with Gasteiger partial charge in [0.25, 0.3) is 5.91 Å². The second-order valence-electron chi connectivity index (χ2n) is 10.4. The van der Waals surface area contributed by atoms with E-state index in [1.54, 1.807) is 23.0 Å². The van der Waals surface area contributed by atoms with Gasteiger partial charge < -0.3 is 10.2 Å². The zero-order chi connectivity index (χ0) is 26.2. The van der Waals surface area contributed by atoms with Gasteiger partial charge in [-0.25, -0.2) is 9.78 Å². The Balaban J connectivity index is 1.16. The molecular weight excluding hydrogens is 500 g/mol. The van der Waals surface area contributed by atoms with Gasteiger partial charge in [0.1, 0.15) is 5.82 Å². The van der Waals surface area contributed by atoms with Crippen molar-refractivity contribution in [1.29, 1.82) is 0 Å². The van der Waals surface area contributed by atoms with Gasteiger partial charge in [0, 0.05) is 31.9 Å². The maximum absolute atomic E-state index is 13.7. The van der Waals surface area contributed by atoms with Crippen LogP contribution in [0.1, 0.15) is 48.2 Å². The van der Waals surface area contributed by atoms with E-state index >= 15 is 0 Å². The predicted molar refractivity (Wildman–Crippen MR) is 149 cm³/mol. The summed E-state index contributed by atoms with van der Waals surface area (Å²) in [7, 11) is 0. The number of benzene rings is 1. The highest BCUT2D eigenvalue weighted by Gasteiger charge is 2.26. The minimum Gasteiger partial charge on any atom is -0.356 e. The molecule has 1 amide bonds. The van der Waals surface area contributed by atoms with Crippen LogP contribution in [-0.2, 0) is 6.54 Å². The number of aromatic nitrogens is 4. The fourth-order valence-corrected chi connectivity index (χ4v) is 5.78. The topological polar surface area (TPSA) is 85.0 Å². The number of carbonyl (C=O) groups is 1. The summed E-state index contributed by atoms with van der Waals surface area (Å²) < 4.78 is 3.68. The summed E-state index contributed by atoms with van der Waals surface area (Å²) in [5, 5.41) is 3.61. The van der Waals surface area contributed by atoms with Gasteiger partial charge in [-0.3, -0.25) is 18.9 Å². The van der Waals surface area contributed by atoms with Crippen LogP contribution in [-0.4, -0.2) is 44.1 Å². The van der Waals surface area contributed by atoms with Crippen LogP contribution in [0.4, 0.5) is 5.82 Å². The van der Waals surface area contributed by atoms with Crippen LogP contribution < -0.4 is 15.9 Å². The summed E-state index contributed by atoms with van der Waals surface area (Å²) in [6, 6.07) is 13.7. The van der Waals surface area contributed by atoms with E-state index in [4.69, 9.17) is 11.6 Å². The van der Waals surface area contributed by atoms with Crippen molar-refractivity contribution < 1.29 is 4.79 Å². The van der Waals surface area contributed by atoms with Crippen LogP contribution in [0.25, 0.3) is 16.7 Å². The molecule has 1 N–H and O–H groups in total. The first-order valence-corrected chi connectivity index (χ1v) is 13.7. The molecule has 6 rings (SSSR count). The standard InChI is InChI=1S/C29H31ClN6O2/c1-19-24(15-21(30)16-31-19)28(37)33-22-9-7-20(8-10-22)18-35-25-5-2-3-6-26(25)36(29(35)38)23-11-12-27(32-17-23)34-13-4-14-34/h2-3,5-6,11-12,15-17,20,22H,4,7-10,13-14,18H2,1H3,(H,33,37)/t20-,22-. The van der Waals surface area contributed by atoms with Crippen molar-refractivity contribution in [3.05, 3.63) is 81.6 Å². The lowest BCUT2D eigenvalue weighted by Gasteiger charge is -2.31. The number of halogens is 1. The van der Waals surface area contributed by atoms with E-state index in [2.05, 4.69) is 20.2 Å². The van der Waals surface area contributed by atoms with E-state index in [1.165, 1.54) is 6.42 Å². The Hall–Kier alpha value is -3.65. The van der Waals surface area contributed by atoms with Gasteiger partial charge in [-0.1, -0.05) is 23.7 Å². The number of hydrogen-bond acceptors (Lipinski definition) is 5. The minimum absolute atomic E-state index is 0.0379. The normalized spacial score (nSPS) is 19.4. The SMILES string of the molecule is Cc1ncc(Cl)cc1C(=O)N[C@H]1CC[C@H](Cn2c(=O)n(-c3ccc(N4CCC4)nc3)c3ccccc32)CC1. The number of fused-ring (bicyclic) bond motifs is 1. The van der Waals surface area contributed by atoms with Gasteiger partial charge in [0.2, 0.25) is 0 Å². The highest BCUT2D eigenvalue weighted by molar-refractivity contribution is 6.30. The molecule has 0 spiro atoms. The van der Waals surface area contributed by atoms with Crippen molar-refractivity contribution in [3.63, 3.8) is 0 Å². The molecule has 0 atom stereocenters. The van der Waals surface area contributed by atoms with Gasteiger partial charge in [0.15, 0.2) is 0 Å². The molecule has 1 aliphatic carbocycles. The molecule has 4 heterocycles. The number of aryl methyl sites for hydroxylation is 1. The van der Waals surface area contributed by atoms with Gasteiger partial charge in [-0.2, -0.15) is 0 Å².